The van der Waals surface area contributed by atoms with Crippen molar-refractivity contribution in [3.05, 3.63) is 34.1 Å². The maximum absolute atomic E-state index is 13.6. The molecular weight excluding hydrogens is 297 g/mol. The Morgan fingerprint density at radius 2 is 2.00 bits per heavy atom. The predicted molar refractivity (Wildman–Crippen MR) is 75.1 cm³/mol. The van der Waals surface area contributed by atoms with Crippen LogP contribution >= 0.6 is 15.9 Å². The number of hydrogen-bond donors (Lipinski definition) is 1. The summed E-state index contributed by atoms with van der Waals surface area (Å²) in [6.45, 7) is 6.15. The second-order valence-electron chi connectivity index (χ2n) is 4.46. The molecule has 0 radical (unpaired) electrons. The van der Waals surface area contributed by atoms with Gasteiger partial charge in [-0.25, -0.2) is 4.39 Å². The lowest BCUT2D eigenvalue weighted by molar-refractivity contribution is 0.0921. The molecule has 1 N–H and O–H groups in total. The molecule has 2 nitrogen and oxygen atoms in total. The van der Waals surface area contributed by atoms with Gasteiger partial charge in [-0.2, -0.15) is 0 Å². The fourth-order valence-corrected chi connectivity index (χ4v) is 2.40. The third-order valence-corrected chi connectivity index (χ3v) is 3.78. The van der Waals surface area contributed by atoms with Gasteiger partial charge in [0, 0.05) is 10.5 Å². The topological polar surface area (TPSA) is 29.1 Å². The molecule has 4 heteroatoms. The molecule has 0 bridgehead atoms. The van der Waals surface area contributed by atoms with E-state index in [-0.39, 0.29) is 17.5 Å². The van der Waals surface area contributed by atoms with E-state index in [1.807, 2.05) is 6.92 Å². The lowest BCUT2D eigenvalue weighted by atomic mass is 9.95. The average molecular weight is 316 g/mol. The van der Waals surface area contributed by atoms with Crippen LogP contribution in [0.25, 0.3) is 0 Å². The Bertz CT molecular complexity index is 418. The van der Waals surface area contributed by atoms with Crippen LogP contribution in [0.3, 0.4) is 0 Å². The number of carbonyl (C=O) groups excluding carboxylic acids is 1. The first-order chi connectivity index (χ1) is 8.49. The Labute approximate surface area is 116 Å². The van der Waals surface area contributed by atoms with Gasteiger partial charge in [-0.15, -0.1) is 0 Å². The fourth-order valence-electron chi connectivity index (χ4n) is 2.07. The van der Waals surface area contributed by atoms with E-state index in [1.165, 1.54) is 12.1 Å². The van der Waals surface area contributed by atoms with E-state index in [0.717, 1.165) is 12.8 Å². The monoisotopic (exact) mass is 315 g/mol. The summed E-state index contributed by atoms with van der Waals surface area (Å²) in [4.78, 5) is 12.0. The van der Waals surface area contributed by atoms with Gasteiger partial charge in [-0.1, -0.05) is 42.6 Å². The standard InChI is InChI=1S/C14H19BrFNO/c1-4-10(5-2)9(3)17-14(18)12-7-6-11(15)8-13(12)16/h6-10H,4-5H2,1-3H3,(H,17,18). The summed E-state index contributed by atoms with van der Waals surface area (Å²) in [5.41, 5.74) is 0.0935. The van der Waals surface area contributed by atoms with Gasteiger partial charge in [-0.05, 0) is 31.0 Å². The van der Waals surface area contributed by atoms with Crippen LogP contribution in [0.4, 0.5) is 4.39 Å². The van der Waals surface area contributed by atoms with Crippen LogP contribution in [0.15, 0.2) is 22.7 Å². The predicted octanol–water partition coefficient (Wildman–Crippen LogP) is 4.14. The van der Waals surface area contributed by atoms with Crippen molar-refractivity contribution in [1.82, 2.24) is 5.32 Å². The smallest absolute Gasteiger partial charge is 0.254 e. The quantitative estimate of drug-likeness (QED) is 0.869. The molecule has 0 aliphatic carbocycles. The summed E-state index contributed by atoms with van der Waals surface area (Å²) in [6, 6.07) is 4.51. The third-order valence-electron chi connectivity index (χ3n) is 3.29. The zero-order valence-electron chi connectivity index (χ0n) is 11.0. The van der Waals surface area contributed by atoms with E-state index in [9.17, 15) is 9.18 Å². The Kier molecular flexibility index (Phi) is 5.79. The van der Waals surface area contributed by atoms with Gasteiger partial charge >= 0.3 is 0 Å². The first kappa shape index (κ1) is 15.2. The van der Waals surface area contributed by atoms with Crippen molar-refractivity contribution in [2.75, 3.05) is 0 Å². The van der Waals surface area contributed by atoms with Gasteiger partial charge < -0.3 is 5.32 Å². The number of amides is 1. The zero-order chi connectivity index (χ0) is 13.7. The van der Waals surface area contributed by atoms with Crippen molar-refractivity contribution in [3.8, 4) is 0 Å². The van der Waals surface area contributed by atoms with Gasteiger partial charge in [0.25, 0.3) is 5.91 Å². The van der Waals surface area contributed by atoms with Gasteiger partial charge in [-0.3, -0.25) is 4.79 Å². The van der Waals surface area contributed by atoms with Crippen molar-refractivity contribution in [2.45, 2.75) is 39.7 Å². The summed E-state index contributed by atoms with van der Waals surface area (Å²) in [6.07, 6.45) is 2.00. The Balaban J connectivity index is 2.76. The van der Waals surface area contributed by atoms with Gasteiger partial charge in [0.05, 0.1) is 5.56 Å². The lowest BCUT2D eigenvalue weighted by Crippen LogP contribution is -2.38. The van der Waals surface area contributed by atoms with E-state index in [2.05, 4.69) is 35.1 Å². The molecule has 0 aliphatic heterocycles. The van der Waals surface area contributed by atoms with E-state index >= 15 is 0 Å². The molecule has 1 aromatic rings. The van der Waals surface area contributed by atoms with Crippen molar-refractivity contribution in [3.63, 3.8) is 0 Å². The van der Waals surface area contributed by atoms with Crippen LogP contribution in [0.5, 0.6) is 0 Å². The normalized spacial score (nSPS) is 12.6. The molecule has 18 heavy (non-hydrogen) atoms. The highest BCUT2D eigenvalue weighted by Gasteiger charge is 2.18. The van der Waals surface area contributed by atoms with Crippen LogP contribution in [-0.2, 0) is 0 Å². The molecule has 100 valence electrons. The molecule has 0 aliphatic rings. The second-order valence-corrected chi connectivity index (χ2v) is 5.38. The molecular formula is C14H19BrFNO. The van der Waals surface area contributed by atoms with E-state index in [4.69, 9.17) is 0 Å². The van der Waals surface area contributed by atoms with Gasteiger partial charge in [0.2, 0.25) is 0 Å². The lowest BCUT2D eigenvalue weighted by Gasteiger charge is -2.22. The molecule has 1 unspecified atom stereocenters. The summed E-state index contributed by atoms with van der Waals surface area (Å²) >= 11 is 3.17. The number of halogens is 2. The van der Waals surface area contributed by atoms with Crippen molar-refractivity contribution in [2.24, 2.45) is 5.92 Å². The van der Waals surface area contributed by atoms with Crippen molar-refractivity contribution < 1.29 is 9.18 Å². The molecule has 1 atom stereocenters. The minimum absolute atomic E-state index is 0.0514. The molecule has 1 rings (SSSR count). The molecule has 0 aromatic heterocycles. The van der Waals surface area contributed by atoms with Crippen LogP contribution < -0.4 is 5.32 Å². The van der Waals surface area contributed by atoms with Crippen LogP contribution in [-0.4, -0.2) is 11.9 Å². The Morgan fingerprint density at radius 3 is 2.50 bits per heavy atom. The number of rotatable bonds is 5. The first-order valence-corrected chi connectivity index (χ1v) is 7.04. The van der Waals surface area contributed by atoms with E-state index in [0.29, 0.717) is 10.4 Å². The summed E-state index contributed by atoms with van der Waals surface area (Å²) in [5, 5.41) is 2.86. The average Bonchev–Trinajstić information content (AvgIpc) is 2.30. The molecule has 0 saturated heterocycles. The number of nitrogens with one attached hydrogen (secondary N) is 1. The molecule has 1 aromatic carbocycles. The van der Waals surface area contributed by atoms with Crippen LogP contribution in [0, 0.1) is 11.7 Å². The SMILES string of the molecule is CCC(CC)C(C)NC(=O)c1ccc(Br)cc1F. The minimum Gasteiger partial charge on any atom is -0.349 e. The molecule has 1 amide bonds. The summed E-state index contributed by atoms with van der Waals surface area (Å²) in [5.74, 6) is -0.425. The highest BCUT2D eigenvalue weighted by molar-refractivity contribution is 9.10. The van der Waals surface area contributed by atoms with Crippen LogP contribution in [0.2, 0.25) is 0 Å². The number of hydrogen-bond acceptors (Lipinski definition) is 1. The van der Waals surface area contributed by atoms with Crippen molar-refractivity contribution in [1.29, 1.82) is 0 Å². The van der Waals surface area contributed by atoms with E-state index in [1.54, 1.807) is 6.07 Å². The number of benzene rings is 1. The fraction of sp³-hybridized carbons (Fsp3) is 0.500. The highest BCUT2D eigenvalue weighted by Crippen LogP contribution is 2.17. The first-order valence-electron chi connectivity index (χ1n) is 6.25. The molecule has 0 heterocycles. The van der Waals surface area contributed by atoms with E-state index < -0.39 is 5.82 Å². The maximum atomic E-state index is 13.6. The minimum atomic E-state index is -0.501. The highest BCUT2D eigenvalue weighted by atomic mass is 79.9. The molecule has 0 saturated carbocycles. The third kappa shape index (κ3) is 3.80. The largest absolute Gasteiger partial charge is 0.349 e. The van der Waals surface area contributed by atoms with Crippen molar-refractivity contribution >= 4 is 21.8 Å². The zero-order valence-corrected chi connectivity index (χ0v) is 12.6. The Hall–Kier alpha value is -0.900. The van der Waals surface area contributed by atoms with Gasteiger partial charge in [0.1, 0.15) is 5.82 Å². The number of carbonyl (C=O) groups is 1. The van der Waals surface area contributed by atoms with Gasteiger partial charge in [0.15, 0.2) is 0 Å². The molecule has 0 spiro atoms. The Morgan fingerprint density at radius 1 is 1.39 bits per heavy atom. The summed E-state index contributed by atoms with van der Waals surface area (Å²) in [7, 11) is 0. The summed E-state index contributed by atoms with van der Waals surface area (Å²) < 4.78 is 14.3. The molecule has 0 fully saturated rings. The second kappa shape index (κ2) is 6.88. The van der Waals surface area contributed by atoms with Crippen LogP contribution in [0.1, 0.15) is 44.0 Å². The maximum Gasteiger partial charge on any atom is 0.254 e.